The third kappa shape index (κ3) is 3.17. The molecule has 0 aliphatic heterocycles. The first-order valence-corrected chi connectivity index (χ1v) is 4.79. The van der Waals surface area contributed by atoms with Crippen LogP contribution in [0.3, 0.4) is 0 Å². The molecule has 5 nitrogen and oxygen atoms in total. The van der Waals surface area contributed by atoms with E-state index in [0.29, 0.717) is 0 Å². The number of carbonyl (C=O) groups is 2. The Balaban J connectivity index is 2.86. The number of esters is 1. The van der Waals surface area contributed by atoms with Gasteiger partial charge >= 0.3 is 5.97 Å². The monoisotopic (exact) mass is 241 g/mol. The number of hydrogen-bond acceptors (Lipinski definition) is 4. The van der Waals surface area contributed by atoms with E-state index in [1.165, 1.54) is 26.2 Å². The van der Waals surface area contributed by atoms with E-state index < -0.39 is 23.8 Å². The van der Waals surface area contributed by atoms with E-state index in [0.717, 1.165) is 6.07 Å². The van der Waals surface area contributed by atoms with Crippen molar-refractivity contribution in [1.82, 2.24) is 0 Å². The summed E-state index contributed by atoms with van der Waals surface area (Å²) in [5, 5.41) is 0. The lowest BCUT2D eigenvalue weighted by molar-refractivity contribution is -0.125. The number of methoxy groups -OCH3 is 1. The van der Waals surface area contributed by atoms with Crippen LogP contribution in [0.5, 0.6) is 5.75 Å². The van der Waals surface area contributed by atoms with Gasteiger partial charge in [0.05, 0.1) is 12.7 Å². The van der Waals surface area contributed by atoms with Gasteiger partial charge < -0.3 is 15.2 Å². The molecule has 1 aromatic rings. The first-order valence-electron chi connectivity index (χ1n) is 4.79. The van der Waals surface area contributed by atoms with Crippen LogP contribution >= 0.6 is 0 Å². The molecule has 1 aromatic carbocycles. The van der Waals surface area contributed by atoms with Gasteiger partial charge in [-0.1, -0.05) is 0 Å². The second kappa shape index (κ2) is 5.29. The molecule has 0 fully saturated rings. The second-order valence-corrected chi connectivity index (χ2v) is 3.30. The number of halogens is 1. The van der Waals surface area contributed by atoms with E-state index in [-0.39, 0.29) is 11.3 Å². The third-order valence-electron chi connectivity index (χ3n) is 2.08. The number of carbonyl (C=O) groups excluding carboxylic acids is 2. The number of primary amides is 1. The molecule has 6 heteroatoms. The molecule has 1 amide bonds. The number of hydrogen-bond donors (Lipinski definition) is 1. The highest BCUT2D eigenvalue weighted by Gasteiger charge is 2.19. The first kappa shape index (κ1) is 13.0. The van der Waals surface area contributed by atoms with Crippen LogP contribution in [0.2, 0.25) is 0 Å². The van der Waals surface area contributed by atoms with Gasteiger partial charge in [0.1, 0.15) is 11.6 Å². The average molecular weight is 241 g/mol. The molecular weight excluding hydrogens is 229 g/mol. The van der Waals surface area contributed by atoms with Gasteiger partial charge in [-0.05, 0) is 19.1 Å². The van der Waals surface area contributed by atoms with Crippen LogP contribution < -0.4 is 10.5 Å². The summed E-state index contributed by atoms with van der Waals surface area (Å²) in [6.07, 6.45) is -1.11. The largest absolute Gasteiger partial charge is 0.497 e. The quantitative estimate of drug-likeness (QED) is 0.793. The zero-order valence-electron chi connectivity index (χ0n) is 9.40. The van der Waals surface area contributed by atoms with Crippen LogP contribution in [-0.4, -0.2) is 25.1 Å². The van der Waals surface area contributed by atoms with Crippen LogP contribution in [0, 0.1) is 5.82 Å². The predicted octanol–water partition coefficient (Wildman–Crippen LogP) is 0.865. The summed E-state index contributed by atoms with van der Waals surface area (Å²) in [6, 6.07) is 3.67. The van der Waals surface area contributed by atoms with E-state index in [2.05, 4.69) is 4.74 Å². The van der Waals surface area contributed by atoms with Crippen LogP contribution in [0.1, 0.15) is 17.3 Å². The van der Waals surface area contributed by atoms with Crippen molar-refractivity contribution in [2.45, 2.75) is 13.0 Å². The van der Waals surface area contributed by atoms with E-state index >= 15 is 0 Å². The summed E-state index contributed by atoms with van der Waals surface area (Å²) in [4.78, 5) is 22.2. The molecule has 1 rings (SSSR count). The van der Waals surface area contributed by atoms with Crippen molar-refractivity contribution in [2.75, 3.05) is 7.11 Å². The minimum Gasteiger partial charge on any atom is -0.497 e. The molecule has 1 atom stereocenters. The summed E-state index contributed by atoms with van der Waals surface area (Å²) < 4.78 is 22.9. The van der Waals surface area contributed by atoms with Crippen molar-refractivity contribution in [1.29, 1.82) is 0 Å². The van der Waals surface area contributed by atoms with Crippen molar-refractivity contribution >= 4 is 11.9 Å². The molecule has 0 radical (unpaired) electrons. The van der Waals surface area contributed by atoms with Gasteiger partial charge in [0, 0.05) is 6.07 Å². The van der Waals surface area contributed by atoms with Crippen LogP contribution in [0.4, 0.5) is 4.39 Å². The van der Waals surface area contributed by atoms with E-state index in [4.69, 9.17) is 10.5 Å². The molecule has 0 aliphatic carbocycles. The molecule has 0 saturated heterocycles. The van der Waals surface area contributed by atoms with Crippen molar-refractivity contribution < 1.29 is 23.5 Å². The van der Waals surface area contributed by atoms with Gasteiger partial charge in [0.15, 0.2) is 6.10 Å². The van der Waals surface area contributed by atoms with Crippen LogP contribution in [-0.2, 0) is 9.53 Å². The molecule has 1 unspecified atom stereocenters. The molecule has 17 heavy (non-hydrogen) atoms. The van der Waals surface area contributed by atoms with Gasteiger partial charge in [-0.2, -0.15) is 0 Å². The highest BCUT2D eigenvalue weighted by atomic mass is 19.1. The summed E-state index contributed by atoms with van der Waals surface area (Å²) in [6.45, 7) is 1.31. The maximum Gasteiger partial charge on any atom is 0.341 e. The summed E-state index contributed by atoms with van der Waals surface area (Å²) >= 11 is 0. The van der Waals surface area contributed by atoms with Gasteiger partial charge in [-0.3, -0.25) is 4.79 Å². The molecule has 2 N–H and O–H groups in total. The van der Waals surface area contributed by atoms with E-state index in [1.54, 1.807) is 0 Å². The lowest BCUT2D eigenvalue weighted by atomic mass is 10.2. The molecule has 0 aliphatic rings. The van der Waals surface area contributed by atoms with Crippen molar-refractivity contribution in [3.05, 3.63) is 29.6 Å². The van der Waals surface area contributed by atoms with Gasteiger partial charge in [0.25, 0.3) is 5.91 Å². The molecule has 0 bridgehead atoms. The fraction of sp³-hybridized carbons (Fsp3) is 0.273. The number of rotatable bonds is 4. The van der Waals surface area contributed by atoms with Gasteiger partial charge in [-0.25, -0.2) is 9.18 Å². The van der Waals surface area contributed by atoms with Crippen molar-refractivity contribution in [3.63, 3.8) is 0 Å². The Kier molecular flexibility index (Phi) is 4.03. The number of amides is 1. The molecule has 92 valence electrons. The Labute approximate surface area is 97.3 Å². The standard InChI is InChI=1S/C11H12FNO4/c1-6(10(13)14)17-11(15)8-4-3-7(16-2)5-9(8)12/h3-6H,1-2H3,(H2,13,14). The highest BCUT2D eigenvalue weighted by Crippen LogP contribution is 2.17. The van der Waals surface area contributed by atoms with Crippen molar-refractivity contribution in [2.24, 2.45) is 5.73 Å². The summed E-state index contributed by atoms with van der Waals surface area (Å²) in [5.41, 5.74) is 4.64. The molecule has 0 spiro atoms. The normalized spacial score (nSPS) is 11.7. The Morgan fingerprint density at radius 1 is 1.41 bits per heavy atom. The van der Waals surface area contributed by atoms with E-state index in [1.807, 2.05) is 0 Å². The first-order chi connectivity index (χ1) is 7.95. The Morgan fingerprint density at radius 2 is 2.06 bits per heavy atom. The fourth-order valence-corrected chi connectivity index (χ4v) is 1.07. The Bertz CT molecular complexity index is 447. The van der Waals surface area contributed by atoms with Gasteiger partial charge in [0.2, 0.25) is 0 Å². The number of nitrogens with two attached hydrogens (primary N) is 1. The zero-order valence-corrected chi connectivity index (χ0v) is 9.40. The minimum absolute atomic E-state index is 0.279. The predicted molar refractivity (Wildman–Crippen MR) is 57.0 cm³/mol. The average Bonchev–Trinajstić information content (AvgIpc) is 2.28. The third-order valence-corrected chi connectivity index (χ3v) is 2.08. The lowest BCUT2D eigenvalue weighted by Gasteiger charge is -2.10. The Hall–Kier alpha value is -2.11. The van der Waals surface area contributed by atoms with E-state index in [9.17, 15) is 14.0 Å². The second-order valence-electron chi connectivity index (χ2n) is 3.30. The maximum atomic E-state index is 13.4. The highest BCUT2D eigenvalue weighted by molar-refractivity contribution is 5.92. The maximum absolute atomic E-state index is 13.4. The van der Waals surface area contributed by atoms with Crippen LogP contribution in [0.25, 0.3) is 0 Å². The number of ether oxygens (including phenoxy) is 2. The Morgan fingerprint density at radius 3 is 2.53 bits per heavy atom. The molecule has 0 saturated carbocycles. The number of benzene rings is 1. The topological polar surface area (TPSA) is 78.6 Å². The molecule has 0 heterocycles. The molecule has 0 aromatic heterocycles. The summed E-state index contributed by atoms with van der Waals surface area (Å²) in [7, 11) is 1.38. The fourth-order valence-electron chi connectivity index (χ4n) is 1.07. The zero-order chi connectivity index (χ0) is 13.0. The summed E-state index contributed by atoms with van der Waals surface area (Å²) in [5.74, 6) is -2.25. The van der Waals surface area contributed by atoms with Crippen LogP contribution in [0.15, 0.2) is 18.2 Å². The SMILES string of the molecule is COc1ccc(C(=O)OC(C)C(N)=O)c(F)c1. The van der Waals surface area contributed by atoms with Crippen molar-refractivity contribution in [3.8, 4) is 5.75 Å². The minimum atomic E-state index is -1.11. The van der Waals surface area contributed by atoms with Gasteiger partial charge in [-0.15, -0.1) is 0 Å². The lowest BCUT2D eigenvalue weighted by Crippen LogP contribution is -2.30. The smallest absolute Gasteiger partial charge is 0.341 e. The molecular formula is C11H12FNO4.